The third-order valence-electron chi connectivity index (χ3n) is 19.5. The fraction of sp³-hybridized carbons (Fsp3) is 0.928. The van der Waals surface area contributed by atoms with Gasteiger partial charge in [-0.05, 0) is 18.8 Å². The first-order chi connectivity index (χ1) is 47.2. The Morgan fingerprint density at radius 2 is 1.00 bits per heavy atom. The summed E-state index contributed by atoms with van der Waals surface area (Å²) >= 11 is 0. The number of carboxylic acid groups (broad SMARTS) is 2. The summed E-state index contributed by atoms with van der Waals surface area (Å²) in [5, 5.41) is 181. The van der Waals surface area contributed by atoms with Crippen molar-refractivity contribution in [3.8, 4) is 0 Å². The van der Waals surface area contributed by atoms with E-state index in [2.05, 4.69) is 36.7 Å². The van der Waals surface area contributed by atoms with Gasteiger partial charge in [0.2, 0.25) is 17.7 Å². The highest BCUT2D eigenvalue weighted by Crippen LogP contribution is 2.42. The molecule has 0 aromatic heterocycles. The van der Waals surface area contributed by atoms with Crippen LogP contribution in [0.1, 0.15) is 240 Å². The number of hydrogen-bond acceptors (Lipinski definition) is 25. The number of rotatable bonds is 55. The summed E-state index contributed by atoms with van der Waals surface area (Å²) in [6.07, 6.45) is -3.36. The van der Waals surface area contributed by atoms with Crippen LogP contribution in [0.5, 0.6) is 0 Å². The van der Waals surface area contributed by atoms with Gasteiger partial charge >= 0.3 is 11.9 Å². The van der Waals surface area contributed by atoms with E-state index in [0.717, 1.165) is 84.0 Å². The Balaban J connectivity index is 1.81. The molecule has 3 amide bonds. The SMILES string of the molecule is CCCCCCCCCCCCCCCCCCCCCCC(O)C(=O)N[C@H](CO[C@@H]1O[C@H](CO[C@]2(C(=O)O)C[C@H](O[C@]3(C(=O)O)C[C@H](O)[C@@H](NC(=O)CO)[C@H]([C@H](O)[C@H](O)CO)O3)[C@@H](NC(C)=O)[C@H](C(O)C(O)CO)O2)[C@@H](O)[C@H](O)[C@H]1O)[C@@H](O)[C@@H](O)CCCCCCCCCC(C)CC. The molecule has 4 unspecified atom stereocenters. The summed E-state index contributed by atoms with van der Waals surface area (Å²) in [5.41, 5.74) is 0. The second-order valence-corrected chi connectivity index (χ2v) is 27.8. The van der Waals surface area contributed by atoms with Crippen LogP contribution in [0.4, 0.5) is 0 Å². The molecule has 3 aliphatic rings. The Bertz CT molecular complexity index is 2230. The number of unbranched alkanes of at least 4 members (excludes halogenated alkanes) is 25. The summed E-state index contributed by atoms with van der Waals surface area (Å²) < 4.78 is 35.1. The highest BCUT2D eigenvalue weighted by molar-refractivity contribution is 5.81. The van der Waals surface area contributed by atoms with Crippen molar-refractivity contribution in [3.05, 3.63) is 0 Å². The van der Waals surface area contributed by atoms with Crippen LogP contribution in [0.2, 0.25) is 0 Å². The number of carbonyl (C=O) groups excluding carboxylic acids is 3. The Kier molecular flexibility index (Phi) is 44.0. The van der Waals surface area contributed by atoms with Crippen molar-refractivity contribution in [2.45, 2.75) is 367 Å². The third-order valence-corrected chi connectivity index (χ3v) is 19.5. The van der Waals surface area contributed by atoms with Gasteiger partial charge in [0.25, 0.3) is 11.6 Å². The predicted molar refractivity (Wildman–Crippen MR) is 358 cm³/mol. The summed E-state index contributed by atoms with van der Waals surface area (Å²) in [7, 11) is 0. The van der Waals surface area contributed by atoms with Gasteiger partial charge in [-0.1, -0.05) is 207 Å². The molecule has 0 aromatic rings. The predicted octanol–water partition coefficient (Wildman–Crippen LogP) is 1.46. The zero-order chi connectivity index (χ0) is 73.7. The molecule has 0 saturated carbocycles. The van der Waals surface area contributed by atoms with E-state index in [0.29, 0.717) is 18.8 Å². The average Bonchev–Trinajstić information content (AvgIpc) is 0.746. The number of aliphatic hydroxyl groups is 14. The second-order valence-electron chi connectivity index (χ2n) is 27.8. The van der Waals surface area contributed by atoms with Crippen LogP contribution in [0.15, 0.2) is 0 Å². The molecule has 3 heterocycles. The summed E-state index contributed by atoms with van der Waals surface area (Å²) in [4.78, 5) is 66.0. The van der Waals surface area contributed by atoms with Gasteiger partial charge in [0, 0.05) is 19.8 Å². The number of aliphatic hydroxyl groups excluding tert-OH is 14. The van der Waals surface area contributed by atoms with Crippen molar-refractivity contribution in [1.82, 2.24) is 16.0 Å². The van der Waals surface area contributed by atoms with Crippen molar-refractivity contribution >= 4 is 29.7 Å². The molecule has 30 heteroatoms. The van der Waals surface area contributed by atoms with Gasteiger partial charge in [-0.15, -0.1) is 0 Å². The van der Waals surface area contributed by atoms with E-state index in [-0.39, 0.29) is 12.8 Å². The molecule has 3 aliphatic heterocycles. The van der Waals surface area contributed by atoms with Crippen molar-refractivity contribution < 1.29 is 134 Å². The maximum Gasteiger partial charge on any atom is 0.364 e. The Labute approximate surface area is 583 Å². The highest BCUT2D eigenvalue weighted by atomic mass is 16.8. The molecule has 0 bridgehead atoms. The minimum Gasteiger partial charge on any atom is -0.477 e. The molecule has 19 N–H and O–H groups in total. The maximum atomic E-state index is 13.7. The first kappa shape index (κ1) is 89.8. The van der Waals surface area contributed by atoms with E-state index in [9.17, 15) is 106 Å². The normalized spacial score (nSPS) is 28.6. The minimum atomic E-state index is -3.32. The molecular formula is C69H127N3O27. The van der Waals surface area contributed by atoms with Gasteiger partial charge in [0.05, 0.1) is 62.9 Å². The van der Waals surface area contributed by atoms with Crippen LogP contribution in [0.3, 0.4) is 0 Å². The highest BCUT2D eigenvalue weighted by Gasteiger charge is 2.63. The number of carbonyl (C=O) groups is 5. The average molecular weight is 1430 g/mol. The molecule has 0 aromatic carbocycles. The van der Waals surface area contributed by atoms with Gasteiger partial charge in [-0.3, -0.25) is 14.4 Å². The van der Waals surface area contributed by atoms with E-state index in [4.69, 9.17) is 28.4 Å². The van der Waals surface area contributed by atoms with Crippen molar-refractivity contribution in [2.75, 3.05) is 33.0 Å². The Morgan fingerprint density at radius 3 is 1.45 bits per heavy atom. The molecule has 3 rings (SSSR count). The zero-order valence-electron chi connectivity index (χ0n) is 59.1. The van der Waals surface area contributed by atoms with Crippen molar-refractivity contribution in [2.24, 2.45) is 5.92 Å². The third kappa shape index (κ3) is 30.7. The first-order valence-corrected chi connectivity index (χ1v) is 36.8. The van der Waals surface area contributed by atoms with Gasteiger partial charge in [-0.2, -0.15) is 0 Å². The molecule has 3 fully saturated rings. The summed E-state index contributed by atoms with van der Waals surface area (Å²) in [6.45, 7) is 1.92. The van der Waals surface area contributed by atoms with E-state index >= 15 is 0 Å². The molecule has 22 atom stereocenters. The smallest absolute Gasteiger partial charge is 0.364 e. The van der Waals surface area contributed by atoms with Gasteiger partial charge in [0.15, 0.2) is 6.29 Å². The fourth-order valence-corrected chi connectivity index (χ4v) is 13.1. The number of aliphatic carboxylic acids is 2. The summed E-state index contributed by atoms with van der Waals surface area (Å²) in [5.74, 6) is -13.3. The van der Waals surface area contributed by atoms with Crippen molar-refractivity contribution in [1.29, 1.82) is 0 Å². The molecule has 30 nitrogen and oxygen atoms in total. The molecule has 0 radical (unpaired) electrons. The van der Waals surface area contributed by atoms with E-state index in [1.807, 2.05) is 0 Å². The standard InChI is InChI=1S/C69H127N3O27/c1-5-7-8-9-10-11-12-13-14-15-16-17-18-19-20-21-22-25-29-32-35-47(78)64(89)71-45(56(83)46(77)34-31-28-26-23-24-27-30-33-43(3)6-2)41-94-65-61(88)60(87)59(86)52(96-65)42-95-68(66(90)91)37-51(55(70-44(4)76)63(98-68)58(85)50(81)39-74)97-69(67(92)93)36-48(79)54(72-53(82)40-75)62(99-69)57(84)49(80)38-73/h43,45-52,54-63,65,73-75,77-81,83-88H,5-42H2,1-4H3,(H,70,76)(H,71,89)(H,72,82)(H,90,91)(H,92,93)/t43?,45-,46+,47?,48+,49-,50?,51+,52-,54-,55-,56-,57-,58?,59-,60+,61-,62-,63-,65-,68-,69-/m1/s1. The molecule has 3 saturated heterocycles. The quantitative estimate of drug-likeness (QED) is 0.0383. The van der Waals surface area contributed by atoms with E-state index < -0.39 is 203 Å². The number of hydrogen-bond donors (Lipinski definition) is 19. The van der Waals surface area contributed by atoms with Crippen LogP contribution in [0, 0.1) is 5.92 Å². The first-order valence-electron chi connectivity index (χ1n) is 36.8. The number of nitrogens with one attached hydrogen (secondary N) is 3. The largest absolute Gasteiger partial charge is 0.477 e. The Hall–Kier alpha value is -3.45. The fourth-order valence-electron chi connectivity index (χ4n) is 13.1. The molecule has 0 aliphatic carbocycles. The molecule has 580 valence electrons. The lowest BCUT2D eigenvalue weighted by atomic mass is 9.86. The zero-order valence-corrected chi connectivity index (χ0v) is 59.1. The monoisotopic (exact) mass is 1430 g/mol. The number of ether oxygens (including phenoxy) is 6. The van der Waals surface area contributed by atoms with E-state index in [1.54, 1.807) is 0 Å². The Morgan fingerprint density at radius 1 is 0.545 bits per heavy atom. The van der Waals surface area contributed by atoms with Crippen LogP contribution < -0.4 is 16.0 Å². The second kappa shape index (κ2) is 48.6. The number of amides is 3. The lowest BCUT2D eigenvalue weighted by molar-refractivity contribution is -0.365. The molecule has 99 heavy (non-hydrogen) atoms. The molecular weight excluding hydrogens is 1300 g/mol. The minimum absolute atomic E-state index is 0.0701. The van der Waals surface area contributed by atoms with Crippen molar-refractivity contribution in [3.63, 3.8) is 0 Å². The molecule has 0 spiro atoms. The lowest BCUT2D eigenvalue weighted by Gasteiger charge is -2.52. The summed E-state index contributed by atoms with van der Waals surface area (Å²) in [6, 6.07) is -5.36. The number of carboxylic acids is 2. The van der Waals surface area contributed by atoms with E-state index in [1.165, 1.54) is 96.3 Å². The van der Waals surface area contributed by atoms with Gasteiger partial charge < -0.3 is 126 Å². The van der Waals surface area contributed by atoms with Gasteiger partial charge in [-0.25, -0.2) is 9.59 Å². The lowest BCUT2D eigenvalue weighted by Crippen LogP contribution is -2.72. The van der Waals surface area contributed by atoms with Crippen LogP contribution in [-0.2, 0) is 52.4 Å². The maximum absolute atomic E-state index is 13.7. The van der Waals surface area contributed by atoms with Crippen LogP contribution in [-0.4, -0.2) is 272 Å². The topological polar surface area (TPSA) is 501 Å². The van der Waals surface area contributed by atoms with Gasteiger partial charge in [0.1, 0.15) is 79.9 Å². The van der Waals surface area contributed by atoms with Crippen LogP contribution in [0.25, 0.3) is 0 Å². The van der Waals surface area contributed by atoms with Crippen LogP contribution >= 0.6 is 0 Å².